The molecule has 0 aliphatic heterocycles. The van der Waals surface area contributed by atoms with Crippen molar-refractivity contribution in [1.29, 1.82) is 0 Å². The maximum atomic E-state index is 12.8. The average molecular weight is 413 g/mol. The number of H-pyrrole nitrogens is 1. The standard InChI is InChI=1S/C16H15F2N3O4S.Na.H/c1-23-13-5-6-19-12(14(13)24-2)8-26(22)16-20-10-4-3-9(25-15(17)18)7-11(10)21-16;;/h3-7,15H,8H2,1-2H3,(H,20,21);;/q;+1;-1/i1D3,2D3;;. The van der Waals surface area contributed by atoms with E-state index in [-0.39, 0.29) is 53.1 Å². The predicted molar refractivity (Wildman–Crippen MR) is 91.3 cm³/mol. The summed E-state index contributed by atoms with van der Waals surface area (Å²) in [6.07, 6.45) is 1.15. The summed E-state index contributed by atoms with van der Waals surface area (Å²) < 4.78 is 95.2. The van der Waals surface area contributed by atoms with Gasteiger partial charge in [-0.25, -0.2) is 4.98 Å². The second-order valence-corrected chi connectivity index (χ2v) is 6.24. The molecule has 3 rings (SSSR count). The van der Waals surface area contributed by atoms with Crippen LogP contribution in [0.5, 0.6) is 17.2 Å². The molecule has 3 aromatic rings. The molecule has 1 aromatic carbocycles. The van der Waals surface area contributed by atoms with Gasteiger partial charge in [0.15, 0.2) is 16.7 Å². The minimum Gasteiger partial charge on any atom is -1.00 e. The fraction of sp³-hybridized carbons (Fsp3) is 0.250. The maximum Gasteiger partial charge on any atom is 1.00 e. The van der Waals surface area contributed by atoms with Crippen molar-refractivity contribution >= 4 is 21.8 Å². The van der Waals surface area contributed by atoms with E-state index < -0.39 is 48.7 Å². The number of hydrogen-bond donors (Lipinski definition) is 1. The SMILES string of the molecule is [2H]C([2H])([2H])Oc1ccnc(CS(=O)c2nc3ccc(OC(F)F)cc3[nH]2)c1OC([2H])([2H])[2H].[H-].[Na+]. The molecule has 0 saturated heterocycles. The number of nitrogens with zero attached hydrogens (tertiary/aromatic N) is 2. The summed E-state index contributed by atoms with van der Waals surface area (Å²) in [6.45, 7) is -3.02. The van der Waals surface area contributed by atoms with E-state index in [1.807, 2.05) is 0 Å². The molecular weight excluding hydrogens is 391 g/mol. The monoisotopic (exact) mass is 413 g/mol. The number of hydrogen-bond acceptors (Lipinski definition) is 6. The van der Waals surface area contributed by atoms with Gasteiger partial charge in [-0.3, -0.25) is 9.19 Å². The summed E-state index contributed by atoms with van der Waals surface area (Å²) in [4.78, 5) is 10.8. The van der Waals surface area contributed by atoms with Gasteiger partial charge in [0.1, 0.15) is 5.75 Å². The number of halogens is 2. The summed E-state index contributed by atoms with van der Waals surface area (Å²) >= 11 is 0. The number of ether oxygens (including phenoxy) is 3. The van der Waals surface area contributed by atoms with Crippen molar-refractivity contribution in [3.63, 3.8) is 0 Å². The van der Waals surface area contributed by atoms with Crippen LogP contribution in [0.2, 0.25) is 0 Å². The summed E-state index contributed by atoms with van der Waals surface area (Å²) in [5, 5.41) is -0.0574. The van der Waals surface area contributed by atoms with Gasteiger partial charge in [0, 0.05) is 18.3 Å². The number of pyridine rings is 1. The third-order valence-corrected chi connectivity index (χ3v) is 4.45. The van der Waals surface area contributed by atoms with Crippen LogP contribution >= 0.6 is 0 Å². The Labute approximate surface area is 188 Å². The molecule has 1 unspecified atom stereocenters. The van der Waals surface area contributed by atoms with E-state index in [2.05, 4.69) is 19.7 Å². The van der Waals surface area contributed by atoms with Gasteiger partial charge in [-0.2, -0.15) is 8.78 Å². The number of imidazole rings is 1. The molecule has 0 aliphatic carbocycles. The van der Waals surface area contributed by atoms with Crippen LogP contribution in [0.3, 0.4) is 0 Å². The molecule has 0 amide bonds. The number of nitrogens with one attached hydrogen (secondary N) is 1. The Morgan fingerprint density at radius 3 is 2.89 bits per heavy atom. The Hall–Kier alpha value is -1.75. The van der Waals surface area contributed by atoms with E-state index in [0.717, 1.165) is 12.3 Å². The van der Waals surface area contributed by atoms with Gasteiger partial charge < -0.3 is 20.6 Å². The second-order valence-electron chi connectivity index (χ2n) is 4.88. The third-order valence-electron chi connectivity index (χ3n) is 3.29. The fourth-order valence-corrected chi connectivity index (χ4v) is 3.22. The van der Waals surface area contributed by atoms with E-state index in [1.165, 1.54) is 18.2 Å². The summed E-state index contributed by atoms with van der Waals surface area (Å²) in [5.74, 6) is -1.45. The van der Waals surface area contributed by atoms with Crippen LogP contribution in [0, 0.1) is 0 Å². The van der Waals surface area contributed by atoms with Crippen LogP contribution in [-0.2, 0) is 16.6 Å². The zero-order valence-corrected chi connectivity index (χ0v) is 16.7. The van der Waals surface area contributed by atoms with E-state index in [0.29, 0.717) is 5.52 Å². The zero-order chi connectivity index (χ0) is 23.7. The normalized spacial score (nSPS) is 16.1. The molecule has 2 aromatic heterocycles. The molecule has 140 valence electrons. The number of methoxy groups -OCH3 is 2. The number of benzene rings is 1. The molecular formula is C16H16F2N3NaO4S. The fourth-order valence-electron chi connectivity index (χ4n) is 2.21. The quantitative estimate of drug-likeness (QED) is 0.549. The van der Waals surface area contributed by atoms with Gasteiger partial charge in [-0.05, 0) is 12.1 Å². The molecule has 1 N–H and O–H groups in total. The first-order valence-corrected chi connectivity index (χ1v) is 8.31. The summed E-state index contributed by atoms with van der Waals surface area (Å²) in [7, 11) is -7.80. The van der Waals surface area contributed by atoms with Crippen molar-refractivity contribution < 1.29 is 66.4 Å². The first-order chi connectivity index (χ1) is 14.8. The van der Waals surface area contributed by atoms with Crippen molar-refractivity contribution in [1.82, 2.24) is 15.0 Å². The van der Waals surface area contributed by atoms with Crippen LogP contribution in [0.4, 0.5) is 8.78 Å². The number of aromatic amines is 1. The molecule has 0 bridgehead atoms. The molecule has 0 spiro atoms. The first kappa shape index (κ1) is 14.3. The van der Waals surface area contributed by atoms with Gasteiger partial charge in [0.2, 0.25) is 0 Å². The molecule has 11 heteroatoms. The number of fused-ring (bicyclic) bond motifs is 1. The van der Waals surface area contributed by atoms with Crippen LogP contribution in [0.15, 0.2) is 35.6 Å². The second kappa shape index (κ2) is 9.45. The number of alkyl halides is 2. The van der Waals surface area contributed by atoms with Crippen LogP contribution in [0.1, 0.15) is 15.3 Å². The minimum absolute atomic E-state index is 0. The average Bonchev–Trinajstić information content (AvgIpc) is 3.05. The zero-order valence-electron chi connectivity index (χ0n) is 20.9. The van der Waals surface area contributed by atoms with Gasteiger partial charge in [-0.15, -0.1) is 0 Å². The Morgan fingerprint density at radius 1 is 1.33 bits per heavy atom. The van der Waals surface area contributed by atoms with Crippen molar-refractivity contribution in [2.45, 2.75) is 17.5 Å². The van der Waals surface area contributed by atoms with Crippen molar-refractivity contribution in [2.75, 3.05) is 14.1 Å². The Bertz CT molecular complexity index is 1150. The van der Waals surface area contributed by atoms with E-state index in [9.17, 15) is 13.0 Å². The predicted octanol–water partition coefficient (Wildman–Crippen LogP) is 0.000800. The molecule has 1 atom stereocenters. The molecule has 7 nitrogen and oxygen atoms in total. The third kappa shape index (κ3) is 4.95. The van der Waals surface area contributed by atoms with Crippen LogP contribution < -0.4 is 43.8 Å². The van der Waals surface area contributed by atoms with E-state index >= 15 is 0 Å². The molecule has 27 heavy (non-hydrogen) atoms. The van der Waals surface area contributed by atoms with E-state index in [4.69, 9.17) is 17.7 Å². The van der Waals surface area contributed by atoms with Crippen molar-refractivity contribution in [2.24, 2.45) is 0 Å². The Kier molecular flexibility index (Phi) is 5.00. The van der Waals surface area contributed by atoms with Crippen LogP contribution in [0.25, 0.3) is 11.0 Å². The Morgan fingerprint density at radius 2 is 2.15 bits per heavy atom. The molecule has 0 saturated carbocycles. The van der Waals surface area contributed by atoms with Crippen molar-refractivity contribution in [3.8, 4) is 17.2 Å². The van der Waals surface area contributed by atoms with Gasteiger partial charge in [0.05, 0.1) is 55.6 Å². The smallest absolute Gasteiger partial charge is 1.00 e. The molecule has 0 aliphatic rings. The van der Waals surface area contributed by atoms with E-state index in [1.54, 1.807) is 0 Å². The topological polar surface area (TPSA) is 86.3 Å². The van der Waals surface area contributed by atoms with Crippen molar-refractivity contribution in [3.05, 3.63) is 36.2 Å². The minimum atomic E-state index is -3.02. The first-order valence-electron chi connectivity index (χ1n) is 9.99. The molecule has 2 heterocycles. The number of aromatic nitrogens is 3. The molecule has 0 radical (unpaired) electrons. The summed E-state index contributed by atoms with van der Waals surface area (Å²) in [5.41, 5.74) is 0.447. The number of rotatable bonds is 7. The van der Waals surface area contributed by atoms with Crippen LogP contribution in [-0.4, -0.2) is 39.8 Å². The van der Waals surface area contributed by atoms with Gasteiger partial charge in [-0.1, -0.05) is 0 Å². The maximum absolute atomic E-state index is 12.8. The Balaban J connectivity index is 0.00000289. The molecule has 0 fully saturated rings. The largest absolute Gasteiger partial charge is 1.00 e. The summed E-state index contributed by atoms with van der Waals surface area (Å²) in [6, 6.07) is 5.00. The van der Waals surface area contributed by atoms with Gasteiger partial charge >= 0.3 is 36.2 Å². The van der Waals surface area contributed by atoms with Gasteiger partial charge in [0.25, 0.3) is 0 Å².